The molecule has 0 radical (unpaired) electrons. The first-order chi connectivity index (χ1) is 8.69. The number of anilines is 1. The van der Waals surface area contributed by atoms with E-state index in [0.717, 1.165) is 0 Å². The van der Waals surface area contributed by atoms with Crippen molar-refractivity contribution in [2.24, 2.45) is 0 Å². The van der Waals surface area contributed by atoms with Gasteiger partial charge in [-0.2, -0.15) is 20.0 Å². The fourth-order valence-electron chi connectivity index (χ4n) is 1.32. The molecule has 18 heavy (non-hydrogen) atoms. The van der Waals surface area contributed by atoms with E-state index >= 15 is 0 Å². The second-order valence-corrected chi connectivity index (χ2v) is 4.00. The van der Waals surface area contributed by atoms with Crippen LogP contribution in [0.1, 0.15) is 5.56 Å². The lowest BCUT2D eigenvalue weighted by atomic mass is 10.4. The van der Waals surface area contributed by atoms with Gasteiger partial charge in [-0.1, -0.05) is 11.8 Å². The molecule has 92 valence electrons. The van der Waals surface area contributed by atoms with Gasteiger partial charge >= 0.3 is 0 Å². The summed E-state index contributed by atoms with van der Waals surface area (Å²) in [6, 6.07) is 3.56. The molecule has 0 aliphatic carbocycles. The Hall–Kier alpha value is -2.27. The number of hydrogen-bond acceptors (Lipinski definition) is 7. The van der Waals surface area contributed by atoms with Gasteiger partial charge in [0.15, 0.2) is 11.0 Å². The average molecular weight is 262 g/mol. The SMILES string of the molecule is COc1cc(-n2ncc(C#N)c2N)nc(SC)n1. The van der Waals surface area contributed by atoms with Gasteiger partial charge in [0.2, 0.25) is 5.88 Å². The molecule has 0 spiro atoms. The molecule has 2 aromatic rings. The molecule has 0 bridgehead atoms. The number of rotatable bonds is 3. The highest BCUT2D eigenvalue weighted by molar-refractivity contribution is 7.98. The van der Waals surface area contributed by atoms with E-state index in [1.54, 1.807) is 6.07 Å². The smallest absolute Gasteiger partial charge is 0.219 e. The molecule has 7 nitrogen and oxygen atoms in total. The van der Waals surface area contributed by atoms with Crippen LogP contribution in [-0.4, -0.2) is 33.1 Å². The van der Waals surface area contributed by atoms with Gasteiger partial charge in [-0.3, -0.25) is 0 Å². The van der Waals surface area contributed by atoms with Crippen LogP contribution in [0.25, 0.3) is 5.82 Å². The number of nitriles is 1. The highest BCUT2D eigenvalue weighted by atomic mass is 32.2. The minimum absolute atomic E-state index is 0.241. The summed E-state index contributed by atoms with van der Waals surface area (Å²) in [5, 5.41) is 13.4. The van der Waals surface area contributed by atoms with Crippen molar-refractivity contribution in [3.05, 3.63) is 17.8 Å². The Labute approximate surface area is 108 Å². The summed E-state index contributed by atoms with van der Waals surface area (Å²) in [5.74, 6) is 1.12. The van der Waals surface area contributed by atoms with Crippen LogP contribution in [0.3, 0.4) is 0 Å². The van der Waals surface area contributed by atoms with Crippen LogP contribution in [0.5, 0.6) is 5.88 Å². The van der Waals surface area contributed by atoms with Gasteiger partial charge in [0.1, 0.15) is 17.5 Å². The molecular weight excluding hydrogens is 252 g/mol. The molecule has 8 heteroatoms. The number of nitrogen functional groups attached to an aromatic ring is 1. The Kier molecular flexibility index (Phi) is 3.34. The zero-order valence-electron chi connectivity index (χ0n) is 9.78. The van der Waals surface area contributed by atoms with Crippen molar-refractivity contribution in [1.82, 2.24) is 19.7 Å². The van der Waals surface area contributed by atoms with Crippen LogP contribution in [0, 0.1) is 11.3 Å². The fourth-order valence-corrected chi connectivity index (χ4v) is 1.69. The van der Waals surface area contributed by atoms with E-state index in [2.05, 4.69) is 15.1 Å². The van der Waals surface area contributed by atoms with Crippen molar-refractivity contribution >= 4 is 17.6 Å². The molecular formula is C10H10N6OS. The third-order valence-electron chi connectivity index (χ3n) is 2.20. The first-order valence-corrected chi connectivity index (χ1v) is 6.13. The van der Waals surface area contributed by atoms with E-state index in [1.807, 2.05) is 12.3 Å². The summed E-state index contributed by atoms with van der Waals surface area (Å²) in [5.41, 5.74) is 6.10. The molecule has 0 fully saturated rings. The zero-order valence-corrected chi connectivity index (χ0v) is 10.6. The predicted octanol–water partition coefficient (Wildman–Crippen LogP) is 0.847. The van der Waals surface area contributed by atoms with Gasteiger partial charge in [-0.25, -0.2) is 4.98 Å². The average Bonchev–Trinajstić information content (AvgIpc) is 2.79. The van der Waals surface area contributed by atoms with Crippen molar-refractivity contribution in [2.45, 2.75) is 5.16 Å². The number of methoxy groups -OCH3 is 1. The highest BCUT2D eigenvalue weighted by Crippen LogP contribution is 2.20. The van der Waals surface area contributed by atoms with Crippen molar-refractivity contribution in [3.63, 3.8) is 0 Å². The molecule has 0 unspecified atom stereocenters. The van der Waals surface area contributed by atoms with Crippen LogP contribution in [0.4, 0.5) is 5.82 Å². The number of nitrogens with zero attached hydrogens (tertiary/aromatic N) is 5. The normalized spacial score (nSPS) is 10.1. The van der Waals surface area contributed by atoms with E-state index in [-0.39, 0.29) is 5.82 Å². The summed E-state index contributed by atoms with van der Waals surface area (Å²) in [4.78, 5) is 8.40. The first kappa shape index (κ1) is 12.2. The summed E-state index contributed by atoms with van der Waals surface area (Å²) >= 11 is 1.38. The Balaban J connectivity index is 2.56. The zero-order chi connectivity index (χ0) is 13.1. The second-order valence-electron chi connectivity index (χ2n) is 3.22. The number of hydrogen-bond donors (Lipinski definition) is 1. The molecule has 0 aliphatic rings. The third-order valence-corrected chi connectivity index (χ3v) is 2.75. The van der Waals surface area contributed by atoms with Crippen LogP contribution in [0.15, 0.2) is 17.4 Å². The van der Waals surface area contributed by atoms with E-state index in [9.17, 15) is 0 Å². The highest BCUT2D eigenvalue weighted by Gasteiger charge is 2.12. The Morgan fingerprint density at radius 2 is 2.28 bits per heavy atom. The summed E-state index contributed by atoms with van der Waals surface area (Å²) in [6.07, 6.45) is 3.24. The van der Waals surface area contributed by atoms with Crippen LogP contribution < -0.4 is 10.5 Å². The second kappa shape index (κ2) is 4.93. The monoisotopic (exact) mass is 262 g/mol. The fraction of sp³-hybridized carbons (Fsp3) is 0.200. The van der Waals surface area contributed by atoms with E-state index in [0.29, 0.717) is 22.4 Å². The Morgan fingerprint density at radius 3 is 2.83 bits per heavy atom. The van der Waals surface area contributed by atoms with Gasteiger partial charge in [-0.15, -0.1) is 0 Å². The van der Waals surface area contributed by atoms with Crippen LogP contribution in [0.2, 0.25) is 0 Å². The van der Waals surface area contributed by atoms with E-state index in [1.165, 1.54) is 29.8 Å². The molecule has 0 saturated heterocycles. The lowest BCUT2D eigenvalue weighted by Gasteiger charge is -2.06. The summed E-state index contributed by atoms with van der Waals surface area (Å²) in [7, 11) is 1.52. The minimum atomic E-state index is 0.241. The molecule has 2 heterocycles. The molecule has 2 rings (SSSR count). The van der Waals surface area contributed by atoms with Crippen molar-refractivity contribution < 1.29 is 4.74 Å². The maximum atomic E-state index is 8.84. The first-order valence-electron chi connectivity index (χ1n) is 4.90. The molecule has 0 atom stereocenters. The largest absolute Gasteiger partial charge is 0.481 e. The lowest BCUT2D eigenvalue weighted by Crippen LogP contribution is -2.06. The topological polar surface area (TPSA) is 103 Å². The van der Waals surface area contributed by atoms with Gasteiger partial charge in [0.25, 0.3) is 0 Å². The summed E-state index contributed by atoms with van der Waals surface area (Å²) < 4.78 is 6.46. The van der Waals surface area contributed by atoms with Gasteiger partial charge in [0.05, 0.1) is 13.3 Å². The van der Waals surface area contributed by atoms with Crippen molar-refractivity contribution in [2.75, 3.05) is 19.1 Å². The van der Waals surface area contributed by atoms with E-state index < -0.39 is 0 Å². The molecule has 0 aliphatic heterocycles. The summed E-state index contributed by atoms with van der Waals surface area (Å²) in [6.45, 7) is 0. The van der Waals surface area contributed by atoms with Gasteiger partial charge in [-0.05, 0) is 6.26 Å². The Morgan fingerprint density at radius 1 is 1.50 bits per heavy atom. The van der Waals surface area contributed by atoms with Crippen molar-refractivity contribution in [1.29, 1.82) is 5.26 Å². The standard InChI is InChI=1S/C10H10N6OS/c1-17-8-3-7(14-10(15-8)18-2)16-9(12)6(4-11)5-13-16/h3,5H,12H2,1-2H3. The number of ether oxygens (including phenoxy) is 1. The molecule has 0 aromatic carbocycles. The van der Waals surface area contributed by atoms with Crippen LogP contribution >= 0.6 is 11.8 Å². The quantitative estimate of drug-likeness (QED) is 0.646. The lowest BCUT2D eigenvalue weighted by molar-refractivity contribution is 0.391. The number of nitrogens with two attached hydrogens (primary N) is 1. The number of aromatic nitrogens is 4. The molecule has 2 aromatic heterocycles. The van der Waals surface area contributed by atoms with E-state index in [4.69, 9.17) is 15.7 Å². The maximum Gasteiger partial charge on any atom is 0.219 e. The molecule has 2 N–H and O–H groups in total. The third kappa shape index (κ3) is 2.08. The molecule has 0 saturated carbocycles. The predicted molar refractivity (Wildman–Crippen MR) is 66.6 cm³/mol. The molecule has 0 amide bonds. The van der Waals surface area contributed by atoms with Gasteiger partial charge in [0, 0.05) is 6.07 Å². The Bertz CT molecular complexity index is 595. The minimum Gasteiger partial charge on any atom is -0.481 e. The van der Waals surface area contributed by atoms with Gasteiger partial charge < -0.3 is 10.5 Å². The van der Waals surface area contributed by atoms with Crippen LogP contribution in [-0.2, 0) is 0 Å². The maximum absolute atomic E-state index is 8.84. The van der Waals surface area contributed by atoms with Crippen molar-refractivity contribution in [3.8, 4) is 17.8 Å². The number of thioether (sulfide) groups is 1.